The van der Waals surface area contributed by atoms with E-state index in [1.165, 1.54) is 17.1 Å². The van der Waals surface area contributed by atoms with Gasteiger partial charge in [-0.05, 0) is 31.6 Å². The van der Waals surface area contributed by atoms with Gasteiger partial charge in [-0.3, -0.25) is 0 Å². The van der Waals surface area contributed by atoms with E-state index in [-0.39, 0.29) is 12.6 Å². The second kappa shape index (κ2) is 5.86. The van der Waals surface area contributed by atoms with Crippen molar-refractivity contribution in [2.24, 2.45) is 5.92 Å². The van der Waals surface area contributed by atoms with Crippen LogP contribution in [-0.2, 0) is 10.2 Å². The molecule has 1 aliphatic heterocycles. The van der Waals surface area contributed by atoms with Gasteiger partial charge in [-0.1, -0.05) is 12.8 Å². The van der Waals surface area contributed by atoms with Crippen molar-refractivity contribution in [1.29, 1.82) is 0 Å². The van der Waals surface area contributed by atoms with Gasteiger partial charge in [-0.25, -0.2) is 0 Å². The molecule has 0 bridgehead atoms. The van der Waals surface area contributed by atoms with Crippen LogP contribution in [0.15, 0.2) is 0 Å². The largest absolute Gasteiger partial charge is 0.396 e. The molecule has 1 N–H and O–H groups in total. The Kier molecular flexibility index (Phi) is 4.64. The first kappa shape index (κ1) is 14.2. The van der Waals surface area contributed by atoms with Crippen LogP contribution in [0.4, 0.5) is 0 Å². The molecule has 106 valence electrons. The lowest BCUT2D eigenvalue weighted by Crippen LogP contribution is -2.46. The average Bonchev–Trinajstić information content (AvgIpc) is 2.80. The fraction of sp³-hybridized carbons (Fsp3) is 1.00. The topological polar surface area (TPSA) is 60.9 Å². The van der Waals surface area contributed by atoms with Crippen LogP contribution in [0.3, 0.4) is 0 Å². The summed E-state index contributed by atoms with van der Waals surface area (Å²) in [6.07, 6.45) is 6.09. The third-order valence-corrected chi connectivity index (χ3v) is 6.30. The van der Waals surface area contributed by atoms with Crippen LogP contribution in [0.5, 0.6) is 0 Å². The van der Waals surface area contributed by atoms with Crippen LogP contribution in [0, 0.1) is 5.92 Å². The summed E-state index contributed by atoms with van der Waals surface area (Å²) in [7, 11) is -1.71. The number of aliphatic hydroxyl groups excluding tert-OH is 1. The quantitative estimate of drug-likeness (QED) is 0.808. The van der Waals surface area contributed by atoms with Crippen molar-refractivity contribution in [3.8, 4) is 0 Å². The smallest absolute Gasteiger partial charge is 0.281 e. The molecule has 0 amide bonds. The predicted molar refractivity (Wildman–Crippen MR) is 70.3 cm³/mol. The molecule has 0 aromatic heterocycles. The standard InChI is InChI=1S/C12H24N2O3S/c1-13(8-4-10-15)18(16,17)14-9-7-11-5-2-3-6-12(11)14/h11-12,15H,2-10H2,1H3. The van der Waals surface area contributed by atoms with Crippen molar-refractivity contribution in [2.75, 3.05) is 26.7 Å². The van der Waals surface area contributed by atoms with Gasteiger partial charge in [0.05, 0.1) is 0 Å². The lowest BCUT2D eigenvalue weighted by Gasteiger charge is -2.33. The highest BCUT2D eigenvalue weighted by atomic mass is 32.2. The minimum Gasteiger partial charge on any atom is -0.396 e. The molecule has 2 unspecified atom stereocenters. The SMILES string of the molecule is CN(CCCO)S(=O)(=O)N1CCC2CCCCC21. The second-order valence-corrected chi connectivity index (χ2v) is 7.41. The van der Waals surface area contributed by atoms with Gasteiger partial charge in [0.25, 0.3) is 10.2 Å². The first-order valence-electron chi connectivity index (χ1n) is 6.91. The van der Waals surface area contributed by atoms with Gasteiger partial charge in [0.2, 0.25) is 0 Å². The summed E-state index contributed by atoms with van der Waals surface area (Å²) in [6, 6.07) is 0.223. The minimum absolute atomic E-state index is 0.0336. The summed E-state index contributed by atoms with van der Waals surface area (Å²) in [5, 5.41) is 8.80. The molecular formula is C12H24N2O3S. The molecule has 5 nitrogen and oxygen atoms in total. The monoisotopic (exact) mass is 276 g/mol. The molecule has 2 rings (SSSR count). The summed E-state index contributed by atoms with van der Waals surface area (Å²) >= 11 is 0. The summed E-state index contributed by atoms with van der Waals surface area (Å²) in [4.78, 5) is 0. The molecule has 0 aromatic carbocycles. The van der Waals surface area contributed by atoms with Crippen LogP contribution < -0.4 is 0 Å². The van der Waals surface area contributed by atoms with Crippen molar-refractivity contribution in [1.82, 2.24) is 8.61 Å². The van der Waals surface area contributed by atoms with Crippen molar-refractivity contribution in [3.05, 3.63) is 0 Å². The third-order valence-electron chi connectivity index (χ3n) is 4.28. The van der Waals surface area contributed by atoms with Gasteiger partial charge in [-0.15, -0.1) is 0 Å². The Morgan fingerprint density at radius 3 is 2.72 bits per heavy atom. The van der Waals surface area contributed by atoms with Gasteiger partial charge in [0.1, 0.15) is 0 Å². The van der Waals surface area contributed by atoms with Crippen molar-refractivity contribution in [2.45, 2.75) is 44.6 Å². The van der Waals surface area contributed by atoms with Crippen LogP contribution in [0.2, 0.25) is 0 Å². The van der Waals surface area contributed by atoms with E-state index in [1.807, 2.05) is 0 Å². The van der Waals surface area contributed by atoms with Crippen LogP contribution in [0.1, 0.15) is 38.5 Å². The Hall–Kier alpha value is -0.170. The van der Waals surface area contributed by atoms with E-state index in [0.29, 0.717) is 25.4 Å². The molecule has 0 spiro atoms. The lowest BCUT2D eigenvalue weighted by molar-refractivity contribution is 0.242. The minimum atomic E-state index is -3.33. The lowest BCUT2D eigenvalue weighted by atomic mass is 9.86. The maximum Gasteiger partial charge on any atom is 0.281 e. The second-order valence-electron chi connectivity index (χ2n) is 5.42. The fourth-order valence-corrected chi connectivity index (χ4v) is 4.91. The molecular weight excluding hydrogens is 252 g/mol. The molecule has 0 radical (unpaired) electrons. The first-order valence-corrected chi connectivity index (χ1v) is 8.31. The van der Waals surface area contributed by atoms with E-state index >= 15 is 0 Å². The van der Waals surface area contributed by atoms with Gasteiger partial charge >= 0.3 is 0 Å². The van der Waals surface area contributed by atoms with Crippen LogP contribution in [-0.4, -0.2) is 54.9 Å². The summed E-state index contributed by atoms with van der Waals surface area (Å²) in [5.74, 6) is 0.569. The average molecular weight is 276 g/mol. The molecule has 18 heavy (non-hydrogen) atoms. The van der Waals surface area contributed by atoms with Gasteiger partial charge in [0.15, 0.2) is 0 Å². The number of fused-ring (bicyclic) bond motifs is 1. The van der Waals surface area contributed by atoms with Crippen molar-refractivity contribution >= 4 is 10.2 Å². The Morgan fingerprint density at radius 1 is 1.28 bits per heavy atom. The van der Waals surface area contributed by atoms with E-state index in [1.54, 1.807) is 11.4 Å². The van der Waals surface area contributed by atoms with E-state index in [4.69, 9.17) is 5.11 Å². The van der Waals surface area contributed by atoms with E-state index < -0.39 is 10.2 Å². The highest BCUT2D eigenvalue weighted by molar-refractivity contribution is 7.86. The number of nitrogens with zero attached hydrogens (tertiary/aromatic N) is 2. The first-order chi connectivity index (χ1) is 8.57. The highest BCUT2D eigenvalue weighted by Gasteiger charge is 2.42. The Balaban J connectivity index is 2.05. The molecule has 6 heteroatoms. The predicted octanol–water partition coefficient (Wildman–Crippen LogP) is 0.810. The Morgan fingerprint density at radius 2 is 2.00 bits per heavy atom. The number of rotatable bonds is 5. The Labute approximate surface area is 110 Å². The maximum atomic E-state index is 12.5. The van der Waals surface area contributed by atoms with Crippen molar-refractivity contribution in [3.63, 3.8) is 0 Å². The number of hydrogen-bond acceptors (Lipinski definition) is 3. The summed E-state index contributed by atoms with van der Waals surface area (Å²) in [6.45, 7) is 1.10. The van der Waals surface area contributed by atoms with Crippen molar-refractivity contribution < 1.29 is 13.5 Å². The summed E-state index contributed by atoms with van der Waals surface area (Å²) < 4.78 is 28.0. The fourth-order valence-electron chi connectivity index (χ4n) is 3.24. The number of hydrogen-bond donors (Lipinski definition) is 1. The molecule has 1 saturated carbocycles. The van der Waals surface area contributed by atoms with Crippen LogP contribution in [0.25, 0.3) is 0 Å². The highest BCUT2D eigenvalue weighted by Crippen LogP contribution is 2.38. The normalized spacial score (nSPS) is 29.7. The molecule has 1 heterocycles. The molecule has 2 fully saturated rings. The molecule has 2 atom stereocenters. The van der Waals surface area contributed by atoms with Gasteiger partial charge < -0.3 is 5.11 Å². The van der Waals surface area contributed by atoms with Crippen LogP contribution >= 0.6 is 0 Å². The molecule has 0 aromatic rings. The Bertz CT molecular complexity index is 372. The van der Waals surface area contributed by atoms with E-state index in [0.717, 1.165) is 19.3 Å². The zero-order chi connectivity index (χ0) is 13.2. The molecule has 2 aliphatic rings. The molecule has 1 saturated heterocycles. The number of aliphatic hydroxyl groups is 1. The maximum absolute atomic E-state index is 12.5. The third kappa shape index (κ3) is 2.71. The van der Waals surface area contributed by atoms with E-state index in [9.17, 15) is 8.42 Å². The van der Waals surface area contributed by atoms with Gasteiger partial charge in [-0.2, -0.15) is 17.0 Å². The zero-order valence-electron chi connectivity index (χ0n) is 11.1. The zero-order valence-corrected chi connectivity index (χ0v) is 11.9. The van der Waals surface area contributed by atoms with E-state index in [2.05, 4.69) is 0 Å². The van der Waals surface area contributed by atoms with Gasteiger partial charge in [0, 0.05) is 32.8 Å². The summed E-state index contributed by atoms with van der Waals surface area (Å²) in [5.41, 5.74) is 0. The molecule has 1 aliphatic carbocycles.